The van der Waals surface area contributed by atoms with Crippen LogP contribution in [0.25, 0.3) is 0 Å². The number of hydrogen-bond acceptors (Lipinski definition) is 3. The zero-order chi connectivity index (χ0) is 10.4. The van der Waals surface area contributed by atoms with Crippen molar-refractivity contribution in [3.63, 3.8) is 0 Å². The minimum Gasteiger partial charge on any atom is -0.452 e. The molecule has 0 aliphatic heterocycles. The number of hydrogen-bond donors (Lipinski definition) is 2. The molecule has 5 heteroatoms. The van der Waals surface area contributed by atoms with E-state index in [9.17, 15) is 4.79 Å². The summed E-state index contributed by atoms with van der Waals surface area (Å²) < 4.78 is 5.56. The maximum absolute atomic E-state index is 10.7. The molecule has 0 saturated carbocycles. The lowest BCUT2D eigenvalue weighted by molar-refractivity contribution is 0.165. The molecule has 0 aromatic heterocycles. The molecule has 14 heavy (non-hydrogen) atoms. The lowest BCUT2D eigenvalue weighted by Gasteiger charge is -2.07. The van der Waals surface area contributed by atoms with Crippen molar-refractivity contribution < 1.29 is 9.53 Å². The molecule has 0 aliphatic rings. The van der Waals surface area contributed by atoms with Gasteiger partial charge in [-0.3, -0.25) is 5.43 Å². The van der Waals surface area contributed by atoms with Gasteiger partial charge in [0.1, 0.15) is 0 Å². The Morgan fingerprint density at radius 2 is 2.21 bits per heavy atom. The topological polar surface area (TPSA) is 50.4 Å². The number of benzene rings is 1. The van der Waals surface area contributed by atoms with Crippen LogP contribution in [0.15, 0.2) is 24.3 Å². The molecule has 0 heterocycles. The third kappa shape index (κ3) is 3.51. The van der Waals surface area contributed by atoms with Crippen molar-refractivity contribution in [2.45, 2.75) is 6.54 Å². The summed E-state index contributed by atoms with van der Waals surface area (Å²) in [4.78, 5) is 10.7. The molecule has 1 rings (SSSR count). The molecular weight excluding hydrogens is 295 g/mol. The van der Waals surface area contributed by atoms with Gasteiger partial charge in [0, 0.05) is 10.1 Å². The van der Waals surface area contributed by atoms with Gasteiger partial charge in [0.25, 0.3) is 0 Å². The van der Waals surface area contributed by atoms with Gasteiger partial charge < -0.3 is 4.74 Å². The Morgan fingerprint density at radius 1 is 1.50 bits per heavy atom. The highest BCUT2D eigenvalue weighted by Crippen LogP contribution is 2.10. The minimum absolute atomic E-state index is 0.490. The van der Waals surface area contributed by atoms with Crippen LogP contribution in [0, 0.1) is 3.57 Å². The summed E-state index contributed by atoms with van der Waals surface area (Å²) in [5.41, 5.74) is 6.29. The highest BCUT2D eigenvalue weighted by molar-refractivity contribution is 14.1. The monoisotopic (exact) mass is 306 g/mol. The van der Waals surface area contributed by atoms with E-state index in [1.807, 2.05) is 24.3 Å². The number of carbonyl (C=O) groups is 1. The van der Waals surface area contributed by atoms with Crippen molar-refractivity contribution >= 4 is 28.7 Å². The third-order valence-corrected chi connectivity index (χ3v) is 2.66. The van der Waals surface area contributed by atoms with Crippen LogP contribution < -0.4 is 10.9 Å². The maximum Gasteiger partial charge on any atom is 0.421 e. The van der Waals surface area contributed by atoms with Crippen molar-refractivity contribution in [1.29, 1.82) is 0 Å². The molecular formula is C9H11IN2O2. The SMILES string of the molecule is COC(=O)NNCc1ccccc1I. The Kier molecular flexibility index (Phi) is 4.68. The Labute approximate surface area is 96.1 Å². The largest absolute Gasteiger partial charge is 0.452 e. The van der Waals surface area contributed by atoms with Gasteiger partial charge in [0.15, 0.2) is 0 Å². The predicted molar refractivity (Wildman–Crippen MR) is 61.5 cm³/mol. The number of carbonyl (C=O) groups excluding carboxylic acids is 1. The van der Waals surface area contributed by atoms with E-state index in [1.165, 1.54) is 7.11 Å². The van der Waals surface area contributed by atoms with E-state index >= 15 is 0 Å². The number of ether oxygens (including phenoxy) is 1. The molecule has 0 radical (unpaired) electrons. The second kappa shape index (κ2) is 5.82. The average Bonchev–Trinajstić information content (AvgIpc) is 2.20. The molecule has 1 aromatic rings. The number of hydrazine groups is 1. The Bertz CT molecular complexity index is 317. The molecule has 0 aliphatic carbocycles. The molecule has 2 N–H and O–H groups in total. The minimum atomic E-state index is -0.490. The van der Waals surface area contributed by atoms with Crippen molar-refractivity contribution in [2.75, 3.05) is 7.11 Å². The zero-order valence-electron chi connectivity index (χ0n) is 7.71. The van der Waals surface area contributed by atoms with Crippen LogP contribution in [0.3, 0.4) is 0 Å². The zero-order valence-corrected chi connectivity index (χ0v) is 9.87. The second-order valence-corrected chi connectivity index (χ2v) is 3.72. The van der Waals surface area contributed by atoms with Crippen molar-refractivity contribution in [1.82, 2.24) is 10.9 Å². The number of methoxy groups -OCH3 is 1. The first-order valence-electron chi connectivity index (χ1n) is 4.04. The molecule has 0 spiro atoms. The van der Waals surface area contributed by atoms with Gasteiger partial charge in [-0.05, 0) is 34.2 Å². The summed E-state index contributed by atoms with van der Waals surface area (Å²) in [5, 5.41) is 0. The van der Waals surface area contributed by atoms with E-state index in [-0.39, 0.29) is 0 Å². The third-order valence-electron chi connectivity index (χ3n) is 1.61. The summed E-state index contributed by atoms with van der Waals surface area (Å²) >= 11 is 2.24. The van der Waals surface area contributed by atoms with Crippen LogP contribution in [-0.2, 0) is 11.3 Å². The molecule has 0 unspecified atom stereocenters. The predicted octanol–water partition coefficient (Wildman–Crippen LogP) is 1.65. The Hall–Kier alpha value is -0.820. The van der Waals surface area contributed by atoms with Crippen LogP contribution in [0.1, 0.15) is 5.56 Å². The first kappa shape index (κ1) is 11.3. The van der Waals surface area contributed by atoms with E-state index in [2.05, 4.69) is 38.2 Å². The van der Waals surface area contributed by atoms with Crippen molar-refractivity contribution in [3.8, 4) is 0 Å². The van der Waals surface area contributed by atoms with Crippen LogP contribution >= 0.6 is 22.6 Å². The van der Waals surface area contributed by atoms with Gasteiger partial charge in [-0.25, -0.2) is 10.2 Å². The van der Waals surface area contributed by atoms with Gasteiger partial charge in [-0.2, -0.15) is 0 Å². The molecule has 0 atom stereocenters. The normalized spacial score (nSPS) is 9.57. The fourth-order valence-electron chi connectivity index (χ4n) is 0.904. The van der Waals surface area contributed by atoms with Crippen LogP contribution in [0.5, 0.6) is 0 Å². The molecule has 1 amide bonds. The molecule has 0 bridgehead atoms. The smallest absolute Gasteiger partial charge is 0.421 e. The van der Waals surface area contributed by atoms with E-state index in [0.717, 1.165) is 9.13 Å². The molecule has 76 valence electrons. The highest BCUT2D eigenvalue weighted by Gasteiger charge is 1.99. The van der Waals surface area contributed by atoms with Crippen molar-refractivity contribution in [2.24, 2.45) is 0 Å². The number of rotatable bonds is 3. The lowest BCUT2D eigenvalue weighted by Crippen LogP contribution is -2.36. The first-order valence-corrected chi connectivity index (χ1v) is 5.12. The summed E-state index contributed by atoms with van der Waals surface area (Å²) in [7, 11) is 1.32. The standard InChI is InChI=1S/C9H11IN2O2/c1-14-9(13)12-11-6-7-4-2-3-5-8(7)10/h2-5,11H,6H2,1H3,(H,12,13). The van der Waals surface area contributed by atoms with E-state index in [0.29, 0.717) is 6.54 Å². The quantitative estimate of drug-likeness (QED) is 0.659. The van der Waals surface area contributed by atoms with Crippen molar-refractivity contribution in [3.05, 3.63) is 33.4 Å². The van der Waals surface area contributed by atoms with Gasteiger partial charge >= 0.3 is 6.09 Å². The lowest BCUT2D eigenvalue weighted by atomic mass is 10.2. The fraction of sp³-hybridized carbons (Fsp3) is 0.222. The van der Waals surface area contributed by atoms with Gasteiger partial charge in [-0.15, -0.1) is 0 Å². The maximum atomic E-state index is 10.7. The average molecular weight is 306 g/mol. The summed E-state index contributed by atoms with van der Waals surface area (Å²) in [6, 6.07) is 7.93. The Morgan fingerprint density at radius 3 is 2.86 bits per heavy atom. The number of nitrogens with one attached hydrogen (secondary N) is 2. The van der Waals surface area contributed by atoms with Gasteiger partial charge in [0.2, 0.25) is 0 Å². The summed E-state index contributed by atoms with van der Waals surface area (Å²) in [6.45, 7) is 0.578. The van der Waals surface area contributed by atoms with E-state index < -0.39 is 6.09 Å². The van der Waals surface area contributed by atoms with E-state index in [1.54, 1.807) is 0 Å². The van der Waals surface area contributed by atoms with Crippen LogP contribution in [0.4, 0.5) is 4.79 Å². The van der Waals surface area contributed by atoms with E-state index in [4.69, 9.17) is 0 Å². The van der Waals surface area contributed by atoms with Crippen LogP contribution in [-0.4, -0.2) is 13.2 Å². The summed E-state index contributed by atoms with van der Waals surface area (Å²) in [6.07, 6.45) is -0.490. The second-order valence-electron chi connectivity index (χ2n) is 2.56. The van der Waals surface area contributed by atoms with Crippen LogP contribution in [0.2, 0.25) is 0 Å². The highest BCUT2D eigenvalue weighted by atomic mass is 127. The molecule has 4 nitrogen and oxygen atoms in total. The Balaban J connectivity index is 2.39. The number of amides is 1. The molecule has 1 aromatic carbocycles. The first-order chi connectivity index (χ1) is 6.74. The van der Waals surface area contributed by atoms with Gasteiger partial charge in [0.05, 0.1) is 7.11 Å². The fourth-order valence-corrected chi connectivity index (χ4v) is 1.48. The van der Waals surface area contributed by atoms with Gasteiger partial charge in [-0.1, -0.05) is 18.2 Å². The number of halogens is 1. The molecule has 0 fully saturated rings. The molecule has 0 saturated heterocycles. The summed E-state index contributed by atoms with van der Waals surface area (Å²) in [5.74, 6) is 0.